The topological polar surface area (TPSA) is 91.3 Å². The van der Waals surface area contributed by atoms with E-state index < -0.39 is 34.8 Å². The summed E-state index contributed by atoms with van der Waals surface area (Å²) in [6, 6.07) is 3.24. The highest BCUT2D eigenvalue weighted by Gasteiger charge is 2.34. The average molecular weight is 339 g/mol. The van der Waals surface area contributed by atoms with E-state index in [1.807, 2.05) is 0 Å². The Bertz CT molecular complexity index is 965. The number of nitrogens with zero attached hydrogens (tertiary/aromatic N) is 3. The highest BCUT2D eigenvalue weighted by Crippen LogP contribution is 2.35. The first-order valence-corrected chi connectivity index (χ1v) is 6.39. The van der Waals surface area contributed by atoms with Crippen molar-refractivity contribution in [3.63, 3.8) is 0 Å². The molecule has 0 fully saturated rings. The number of aromatic hydroxyl groups is 1. The van der Waals surface area contributed by atoms with Crippen LogP contribution in [0.25, 0.3) is 16.9 Å². The van der Waals surface area contributed by atoms with Gasteiger partial charge in [0.2, 0.25) is 0 Å². The minimum Gasteiger partial charge on any atom is -0.507 e. The van der Waals surface area contributed by atoms with E-state index in [-0.39, 0.29) is 16.9 Å². The Morgan fingerprint density at radius 3 is 2.58 bits per heavy atom. The number of amides is 1. The Morgan fingerprint density at radius 2 is 1.96 bits per heavy atom. The number of fused-ring (bicyclic) bond motifs is 1. The molecule has 123 valence electrons. The number of hydrogen-bond donors (Lipinski definition) is 1. The number of rotatable bonds is 2. The summed E-state index contributed by atoms with van der Waals surface area (Å²) in [5.41, 5.74) is 4.87. The summed E-state index contributed by atoms with van der Waals surface area (Å²) in [6.07, 6.45) is -3.89. The SMILES string of the molecule is [NH]C(=O)c1c(O)cc(-c2ccc(F)c(C(F)(F)F)c2)n2ncnc12. The molecule has 0 saturated heterocycles. The van der Waals surface area contributed by atoms with Crippen LogP contribution in [-0.4, -0.2) is 25.6 Å². The van der Waals surface area contributed by atoms with Gasteiger partial charge < -0.3 is 5.11 Å². The van der Waals surface area contributed by atoms with Gasteiger partial charge in [-0.3, -0.25) is 10.5 Å². The molecule has 1 radical (unpaired) electrons. The van der Waals surface area contributed by atoms with Gasteiger partial charge >= 0.3 is 6.18 Å². The van der Waals surface area contributed by atoms with Crippen molar-refractivity contribution in [3.05, 3.63) is 47.5 Å². The van der Waals surface area contributed by atoms with Crippen LogP contribution in [0.4, 0.5) is 17.6 Å². The zero-order valence-corrected chi connectivity index (χ0v) is 11.6. The zero-order valence-electron chi connectivity index (χ0n) is 11.6. The molecule has 0 atom stereocenters. The van der Waals surface area contributed by atoms with Crippen LogP contribution in [-0.2, 0) is 6.18 Å². The van der Waals surface area contributed by atoms with E-state index in [0.717, 1.165) is 23.0 Å². The van der Waals surface area contributed by atoms with Crippen molar-refractivity contribution < 1.29 is 27.5 Å². The molecule has 0 aliphatic carbocycles. The molecule has 2 heterocycles. The number of nitrogens with one attached hydrogen (secondary N) is 1. The molecular formula is C14H7F4N4O2. The minimum absolute atomic E-state index is 0.0458. The first-order chi connectivity index (χ1) is 11.2. The molecule has 0 spiro atoms. The fourth-order valence-corrected chi connectivity index (χ4v) is 2.29. The van der Waals surface area contributed by atoms with E-state index in [2.05, 4.69) is 10.1 Å². The van der Waals surface area contributed by atoms with Crippen LogP contribution in [0.5, 0.6) is 5.75 Å². The lowest BCUT2D eigenvalue weighted by molar-refractivity contribution is -0.139. The van der Waals surface area contributed by atoms with Crippen molar-refractivity contribution in [1.29, 1.82) is 0 Å². The molecule has 0 saturated carbocycles. The molecule has 0 aliphatic heterocycles. The molecule has 0 aliphatic rings. The Hall–Kier alpha value is -3.17. The molecule has 0 bridgehead atoms. The molecule has 1 aromatic carbocycles. The molecule has 2 aromatic heterocycles. The van der Waals surface area contributed by atoms with Crippen LogP contribution in [0, 0.1) is 5.82 Å². The van der Waals surface area contributed by atoms with Crippen molar-refractivity contribution in [1.82, 2.24) is 20.3 Å². The second-order valence-electron chi connectivity index (χ2n) is 4.81. The van der Waals surface area contributed by atoms with Gasteiger partial charge in [-0.1, -0.05) is 0 Å². The van der Waals surface area contributed by atoms with E-state index in [9.17, 15) is 27.5 Å². The highest BCUT2D eigenvalue weighted by atomic mass is 19.4. The molecule has 0 unspecified atom stereocenters. The Morgan fingerprint density at radius 1 is 1.25 bits per heavy atom. The maximum atomic E-state index is 13.4. The lowest BCUT2D eigenvalue weighted by Crippen LogP contribution is -2.09. The largest absolute Gasteiger partial charge is 0.507 e. The Balaban J connectivity index is 2.31. The number of pyridine rings is 1. The third-order valence-corrected chi connectivity index (χ3v) is 3.32. The van der Waals surface area contributed by atoms with Crippen LogP contribution in [0.15, 0.2) is 30.6 Å². The number of aromatic nitrogens is 3. The molecule has 2 N–H and O–H groups in total. The van der Waals surface area contributed by atoms with Crippen LogP contribution < -0.4 is 5.73 Å². The predicted octanol–water partition coefficient (Wildman–Crippen LogP) is 2.68. The molecular weight excluding hydrogens is 332 g/mol. The first kappa shape index (κ1) is 15.7. The van der Waals surface area contributed by atoms with Gasteiger partial charge in [-0.25, -0.2) is 13.9 Å². The van der Waals surface area contributed by atoms with Gasteiger partial charge in [-0.2, -0.15) is 18.3 Å². The van der Waals surface area contributed by atoms with Gasteiger partial charge in [0.1, 0.15) is 23.5 Å². The molecule has 24 heavy (non-hydrogen) atoms. The predicted molar refractivity (Wildman–Crippen MR) is 72.5 cm³/mol. The fraction of sp³-hybridized carbons (Fsp3) is 0.0714. The first-order valence-electron chi connectivity index (χ1n) is 6.39. The normalized spacial score (nSPS) is 11.8. The summed E-state index contributed by atoms with van der Waals surface area (Å²) < 4.78 is 53.0. The van der Waals surface area contributed by atoms with E-state index >= 15 is 0 Å². The summed E-state index contributed by atoms with van der Waals surface area (Å²) in [5.74, 6) is -3.31. The van der Waals surface area contributed by atoms with Gasteiger partial charge in [-0.05, 0) is 18.2 Å². The smallest absolute Gasteiger partial charge is 0.419 e. The zero-order chi connectivity index (χ0) is 17.6. The lowest BCUT2D eigenvalue weighted by Gasteiger charge is -2.12. The van der Waals surface area contributed by atoms with Crippen molar-refractivity contribution in [2.75, 3.05) is 0 Å². The average Bonchev–Trinajstić information content (AvgIpc) is 2.94. The van der Waals surface area contributed by atoms with Crippen LogP contribution in [0.3, 0.4) is 0 Å². The third-order valence-electron chi connectivity index (χ3n) is 3.32. The van der Waals surface area contributed by atoms with Gasteiger partial charge in [0.15, 0.2) is 5.65 Å². The van der Waals surface area contributed by atoms with E-state index in [4.69, 9.17) is 5.73 Å². The maximum absolute atomic E-state index is 13.4. The number of alkyl halides is 3. The number of hydrogen-bond acceptors (Lipinski definition) is 4. The summed E-state index contributed by atoms with van der Waals surface area (Å²) in [5, 5.41) is 13.7. The summed E-state index contributed by atoms with van der Waals surface area (Å²) >= 11 is 0. The number of halogens is 4. The van der Waals surface area contributed by atoms with Gasteiger partial charge in [0.05, 0.1) is 11.3 Å². The van der Waals surface area contributed by atoms with Gasteiger partial charge in [-0.15, -0.1) is 0 Å². The minimum atomic E-state index is -4.90. The lowest BCUT2D eigenvalue weighted by atomic mass is 10.0. The van der Waals surface area contributed by atoms with E-state index in [0.29, 0.717) is 12.1 Å². The monoisotopic (exact) mass is 339 g/mol. The Kier molecular flexibility index (Phi) is 3.39. The molecule has 3 rings (SSSR count). The molecule has 10 heteroatoms. The highest BCUT2D eigenvalue weighted by molar-refractivity contribution is 6.01. The van der Waals surface area contributed by atoms with Crippen LogP contribution in [0.2, 0.25) is 0 Å². The number of benzene rings is 1. The van der Waals surface area contributed by atoms with Crippen LogP contribution >= 0.6 is 0 Å². The second kappa shape index (κ2) is 5.18. The third kappa shape index (κ3) is 2.41. The van der Waals surface area contributed by atoms with Crippen molar-refractivity contribution in [2.24, 2.45) is 0 Å². The van der Waals surface area contributed by atoms with Gasteiger partial charge in [0, 0.05) is 11.6 Å². The van der Waals surface area contributed by atoms with Crippen LogP contribution in [0.1, 0.15) is 15.9 Å². The quantitative estimate of drug-likeness (QED) is 0.727. The van der Waals surface area contributed by atoms with Crippen molar-refractivity contribution in [3.8, 4) is 17.0 Å². The maximum Gasteiger partial charge on any atom is 0.419 e. The summed E-state index contributed by atoms with van der Waals surface area (Å²) in [4.78, 5) is 15.0. The Labute approximate surface area is 131 Å². The molecule has 3 aromatic rings. The standard InChI is InChI=1S/C14H7F4N4O2/c15-8-2-1-6(3-7(8)14(16,17)18)9-4-10(23)11(12(19)24)13-20-5-21-22(9)13/h1-5,19,23H. The molecule has 6 nitrogen and oxygen atoms in total. The van der Waals surface area contributed by atoms with E-state index in [1.54, 1.807) is 0 Å². The second-order valence-corrected chi connectivity index (χ2v) is 4.81. The van der Waals surface area contributed by atoms with E-state index in [1.165, 1.54) is 0 Å². The van der Waals surface area contributed by atoms with Gasteiger partial charge in [0.25, 0.3) is 5.91 Å². The number of carbonyl (C=O) groups is 1. The molecule has 1 amide bonds. The van der Waals surface area contributed by atoms with Crippen molar-refractivity contribution >= 4 is 11.6 Å². The summed E-state index contributed by atoms with van der Waals surface area (Å²) in [7, 11) is 0. The summed E-state index contributed by atoms with van der Waals surface area (Å²) in [6.45, 7) is 0. The number of carbonyl (C=O) groups excluding carboxylic acids is 1. The van der Waals surface area contributed by atoms with Crippen molar-refractivity contribution in [2.45, 2.75) is 6.18 Å². The fourth-order valence-electron chi connectivity index (χ4n) is 2.29.